The van der Waals surface area contributed by atoms with Crippen molar-refractivity contribution >= 4 is 39.6 Å². The zero-order valence-electron chi connectivity index (χ0n) is 27.3. The number of aliphatic hydroxyl groups is 1. The van der Waals surface area contributed by atoms with Gasteiger partial charge in [-0.05, 0) is 89.3 Å². The fourth-order valence-corrected chi connectivity index (χ4v) is 5.89. The Bertz CT molecular complexity index is 1680. The molecule has 0 bridgehead atoms. The number of carbonyl (C=O) groups is 2. The van der Waals surface area contributed by atoms with E-state index in [4.69, 9.17) is 9.47 Å². The van der Waals surface area contributed by atoms with Crippen molar-refractivity contribution in [3.05, 3.63) is 78.1 Å². The lowest BCUT2D eigenvalue weighted by atomic mass is 9.83. The average Bonchev–Trinajstić information content (AvgIpc) is 3.66. The van der Waals surface area contributed by atoms with Crippen LogP contribution >= 0.6 is 0 Å². The van der Waals surface area contributed by atoms with E-state index in [0.29, 0.717) is 39.0 Å². The summed E-state index contributed by atoms with van der Waals surface area (Å²) in [6, 6.07) is 16.3. The highest BCUT2D eigenvalue weighted by Crippen LogP contribution is 2.37. The lowest BCUT2D eigenvalue weighted by Gasteiger charge is -2.39. The van der Waals surface area contributed by atoms with E-state index in [-0.39, 0.29) is 12.2 Å². The van der Waals surface area contributed by atoms with Gasteiger partial charge in [-0.2, -0.15) is 0 Å². The van der Waals surface area contributed by atoms with Gasteiger partial charge in [-0.3, -0.25) is 0 Å². The number of piperidine rings is 1. The molecule has 0 aliphatic carbocycles. The van der Waals surface area contributed by atoms with Gasteiger partial charge in [0.05, 0.1) is 16.6 Å². The summed E-state index contributed by atoms with van der Waals surface area (Å²) in [7, 11) is 0. The molecule has 240 valence electrons. The van der Waals surface area contributed by atoms with Crippen molar-refractivity contribution in [3.8, 4) is 0 Å². The first kappa shape index (κ1) is 32.2. The van der Waals surface area contributed by atoms with Gasteiger partial charge in [0.1, 0.15) is 11.2 Å². The number of aromatic amines is 2. The van der Waals surface area contributed by atoms with Crippen LogP contribution in [-0.4, -0.2) is 74.4 Å². The molecule has 4 heterocycles. The highest BCUT2D eigenvalue weighted by molar-refractivity contribution is 5.92. The van der Waals surface area contributed by atoms with Crippen molar-refractivity contribution in [2.75, 3.05) is 26.2 Å². The van der Waals surface area contributed by atoms with Crippen molar-refractivity contribution in [3.63, 3.8) is 0 Å². The van der Waals surface area contributed by atoms with Crippen molar-refractivity contribution < 1.29 is 24.2 Å². The predicted octanol–water partition coefficient (Wildman–Crippen LogP) is 7.58. The van der Waals surface area contributed by atoms with Crippen LogP contribution in [0.2, 0.25) is 0 Å². The second kappa shape index (κ2) is 12.6. The molecule has 2 aromatic carbocycles. The highest BCUT2D eigenvalue weighted by Gasteiger charge is 2.38. The van der Waals surface area contributed by atoms with E-state index < -0.39 is 16.8 Å². The molecule has 2 amide bonds. The average molecular weight is 615 g/mol. The number of nitrogens with one attached hydrogen (secondary N) is 2. The van der Waals surface area contributed by atoms with E-state index in [1.165, 1.54) is 22.0 Å². The summed E-state index contributed by atoms with van der Waals surface area (Å²) in [6.07, 6.45) is 7.28. The van der Waals surface area contributed by atoms with Crippen molar-refractivity contribution in [2.45, 2.75) is 77.6 Å². The number of hydrogen-bond donors (Lipinski definition) is 3. The first-order chi connectivity index (χ1) is 21.2. The lowest BCUT2D eigenvalue weighted by Crippen LogP contribution is -2.46. The molecule has 45 heavy (non-hydrogen) atoms. The normalized spacial score (nSPS) is 17.0. The molecule has 9 heteroatoms. The maximum Gasteiger partial charge on any atom is 0.410 e. The van der Waals surface area contributed by atoms with Crippen LogP contribution in [0.5, 0.6) is 0 Å². The molecule has 2 aliphatic heterocycles. The Morgan fingerprint density at radius 2 is 1.31 bits per heavy atom. The Morgan fingerprint density at radius 3 is 1.89 bits per heavy atom. The molecule has 6 rings (SSSR count). The molecule has 1 fully saturated rings. The van der Waals surface area contributed by atoms with Crippen molar-refractivity contribution in [1.29, 1.82) is 0 Å². The third-order valence-corrected chi connectivity index (χ3v) is 8.12. The summed E-state index contributed by atoms with van der Waals surface area (Å²) in [4.78, 5) is 34.2. The third kappa shape index (κ3) is 7.71. The molecule has 1 saturated heterocycles. The quantitative estimate of drug-likeness (QED) is 0.216. The maximum absolute atomic E-state index is 12.1. The van der Waals surface area contributed by atoms with Gasteiger partial charge < -0.3 is 34.3 Å². The molecule has 2 aliphatic rings. The largest absolute Gasteiger partial charge is 0.444 e. The second-order valence-electron chi connectivity index (χ2n) is 13.9. The number of fused-ring (bicyclic) bond motifs is 2. The Hall–Kier alpha value is -4.24. The van der Waals surface area contributed by atoms with Crippen LogP contribution in [0.25, 0.3) is 27.4 Å². The number of para-hydroxylation sites is 2. The second-order valence-corrected chi connectivity index (χ2v) is 13.9. The van der Waals surface area contributed by atoms with Crippen LogP contribution in [0.15, 0.2) is 67.0 Å². The number of hydrogen-bond acceptors (Lipinski definition) is 5. The molecule has 0 radical (unpaired) electrons. The number of carbonyl (C=O) groups excluding carboxylic acids is 2. The smallest absolute Gasteiger partial charge is 0.410 e. The van der Waals surface area contributed by atoms with Crippen LogP contribution in [0.1, 0.15) is 71.9 Å². The summed E-state index contributed by atoms with van der Waals surface area (Å²) >= 11 is 0. The first-order valence-electron chi connectivity index (χ1n) is 15.7. The fraction of sp³-hybridized carbons (Fsp3) is 0.444. The summed E-state index contributed by atoms with van der Waals surface area (Å²) in [5.41, 5.74) is 3.70. The Balaban J connectivity index is 0.000000178. The number of rotatable bonds is 2. The zero-order chi connectivity index (χ0) is 32.4. The molecule has 9 nitrogen and oxygen atoms in total. The Labute approximate surface area is 265 Å². The molecule has 0 spiro atoms. The van der Waals surface area contributed by atoms with Gasteiger partial charge >= 0.3 is 12.2 Å². The van der Waals surface area contributed by atoms with Gasteiger partial charge in [-0.15, -0.1) is 0 Å². The molecule has 4 aromatic rings. The van der Waals surface area contributed by atoms with E-state index in [0.717, 1.165) is 22.9 Å². The molecule has 0 atom stereocenters. The topological polar surface area (TPSA) is 111 Å². The number of nitrogens with zero attached hydrogens (tertiary/aromatic N) is 2. The van der Waals surface area contributed by atoms with Gasteiger partial charge in [0.2, 0.25) is 0 Å². The van der Waals surface area contributed by atoms with Gasteiger partial charge in [0.15, 0.2) is 0 Å². The number of likely N-dealkylation sites (tertiary alicyclic amines) is 1. The maximum atomic E-state index is 12.1. The summed E-state index contributed by atoms with van der Waals surface area (Å²) < 4.78 is 10.8. The highest BCUT2D eigenvalue weighted by atomic mass is 16.6. The minimum Gasteiger partial charge on any atom is -0.444 e. The summed E-state index contributed by atoms with van der Waals surface area (Å²) in [6.45, 7) is 13.5. The van der Waals surface area contributed by atoms with Crippen LogP contribution in [-0.2, 0) is 15.1 Å². The SMILES string of the molecule is CC(C)(C)OC(=O)N1CC=C(c2cccc3cc[nH]c23)CC1.CC(C)(C)OC(=O)N1CCC(O)(c2cccc3cc[nH]c23)CC1. The number of aromatic nitrogens is 2. The monoisotopic (exact) mass is 614 g/mol. The number of H-pyrrole nitrogens is 2. The van der Waals surface area contributed by atoms with E-state index in [2.05, 4.69) is 40.3 Å². The number of benzene rings is 2. The third-order valence-electron chi connectivity index (χ3n) is 8.12. The predicted molar refractivity (Wildman–Crippen MR) is 178 cm³/mol. The van der Waals surface area contributed by atoms with E-state index in [1.54, 1.807) is 9.80 Å². The molecule has 3 N–H and O–H groups in total. The Morgan fingerprint density at radius 1 is 0.756 bits per heavy atom. The molecule has 0 unspecified atom stereocenters. The zero-order valence-corrected chi connectivity index (χ0v) is 27.3. The van der Waals surface area contributed by atoms with E-state index in [1.807, 2.05) is 78.2 Å². The van der Waals surface area contributed by atoms with Gasteiger partial charge in [0.25, 0.3) is 0 Å². The summed E-state index contributed by atoms with van der Waals surface area (Å²) in [5, 5.41) is 13.4. The van der Waals surface area contributed by atoms with Gasteiger partial charge in [-0.25, -0.2) is 9.59 Å². The molecular weight excluding hydrogens is 568 g/mol. The molecular formula is C36H46N4O5. The minimum absolute atomic E-state index is 0.235. The fourth-order valence-electron chi connectivity index (χ4n) is 5.89. The minimum atomic E-state index is -0.914. The first-order valence-corrected chi connectivity index (χ1v) is 15.7. The van der Waals surface area contributed by atoms with Gasteiger partial charge in [-0.1, -0.05) is 42.5 Å². The number of ether oxygens (including phenoxy) is 2. The molecule has 0 saturated carbocycles. The van der Waals surface area contributed by atoms with Crippen LogP contribution < -0.4 is 0 Å². The molecule has 2 aromatic heterocycles. The van der Waals surface area contributed by atoms with Crippen LogP contribution in [0, 0.1) is 0 Å². The summed E-state index contributed by atoms with van der Waals surface area (Å²) in [5.74, 6) is 0. The van der Waals surface area contributed by atoms with E-state index in [9.17, 15) is 14.7 Å². The van der Waals surface area contributed by atoms with Crippen LogP contribution in [0.4, 0.5) is 9.59 Å². The van der Waals surface area contributed by atoms with Gasteiger partial charge in [0, 0.05) is 49.7 Å². The number of amides is 2. The lowest BCUT2D eigenvalue weighted by molar-refractivity contribution is -0.0348. The van der Waals surface area contributed by atoms with Crippen molar-refractivity contribution in [2.24, 2.45) is 0 Å². The van der Waals surface area contributed by atoms with Crippen LogP contribution in [0.3, 0.4) is 0 Å². The van der Waals surface area contributed by atoms with E-state index >= 15 is 0 Å². The van der Waals surface area contributed by atoms with Crippen molar-refractivity contribution in [1.82, 2.24) is 19.8 Å². The standard InChI is InChI=1S/C18H24N2O3.C18H22N2O2/c1-17(2,3)23-16(21)20-11-8-18(22,9-12-20)14-6-4-5-13-7-10-19-15(13)14;1-18(2,3)22-17(21)20-11-8-13(9-12-20)15-6-4-5-14-7-10-19-16(14)15/h4-7,10,19,22H,8-9,11-12H2,1-3H3;4-8,10,19H,9,11-12H2,1-3H3. The Kier molecular flexibility index (Phi) is 9.03.